The van der Waals surface area contributed by atoms with E-state index in [1.54, 1.807) is 12.1 Å². The average Bonchev–Trinajstić information content (AvgIpc) is 3.29. The van der Waals surface area contributed by atoms with Crippen LogP contribution in [0.4, 0.5) is 0 Å². The molecular formula is C34H40N2O5. The van der Waals surface area contributed by atoms with Gasteiger partial charge in [-0.25, -0.2) is 0 Å². The molecule has 7 heteroatoms. The van der Waals surface area contributed by atoms with Crippen molar-refractivity contribution in [3.63, 3.8) is 0 Å². The fourth-order valence-electron chi connectivity index (χ4n) is 8.35. The predicted molar refractivity (Wildman–Crippen MR) is 158 cm³/mol. The standard InChI is InChI=1S/C34H40N2O5/c1-5-18-35-19-17-33-30-25-12-13-27(38)31(30)40-32(33)26(15-16-34(33,28(35)20-25)41-23(4)37)36(21-22(2)3)29(39)14-11-24-9-7-6-8-10-24/h5-14,22,26,28,32,38H,1,15-21H2,2-4H3/t26-,28+,32-,33-,34+/m0/s1. The summed E-state index contributed by atoms with van der Waals surface area (Å²) in [6, 6.07) is 13.2. The molecule has 41 heavy (non-hydrogen) atoms. The maximum Gasteiger partial charge on any atom is 0.303 e. The zero-order valence-corrected chi connectivity index (χ0v) is 24.2. The molecule has 0 unspecified atom stereocenters. The second-order valence-electron chi connectivity index (χ2n) is 12.4. The highest BCUT2D eigenvalue weighted by atomic mass is 16.6. The van der Waals surface area contributed by atoms with Crippen LogP contribution in [0.25, 0.3) is 6.08 Å². The summed E-state index contributed by atoms with van der Waals surface area (Å²) in [6.07, 6.45) is 7.59. The molecular weight excluding hydrogens is 516 g/mol. The van der Waals surface area contributed by atoms with E-state index in [0.717, 1.165) is 23.2 Å². The van der Waals surface area contributed by atoms with Gasteiger partial charge >= 0.3 is 5.97 Å². The minimum atomic E-state index is -0.834. The molecule has 4 aliphatic rings. The van der Waals surface area contributed by atoms with Gasteiger partial charge < -0.3 is 19.5 Å². The molecule has 7 nitrogen and oxygen atoms in total. The Bertz CT molecular complexity index is 1390. The molecule has 0 radical (unpaired) electrons. The van der Waals surface area contributed by atoms with E-state index in [1.165, 1.54) is 6.92 Å². The molecule has 2 aromatic rings. The van der Waals surface area contributed by atoms with Gasteiger partial charge in [0.15, 0.2) is 11.5 Å². The van der Waals surface area contributed by atoms with Gasteiger partial charge in [0.1, 0.15) is 11.7 Å². The van der Waals surface area contributed by atoms with Crippen LogP contribution in [0.3, 0.4) is 0 Å². The lowest BCUT2D eigenvalue weighted by Gasteiger charge is -2.65. The highest BCUT2D eigenvalue weighted by molar-refractivity contribution is 5.92. The van der Waals surface area contributed by atoms with Crippen molar-refractivity contribution in [1.82, 2.24) is 9.80 Å². The summed E-state index contributed by atoms with van der Waals surface area (Å²) < 4.78 is 13.3. The van der Waals surface area contributed by atoms with Crippen LogP contribution in [0.15, 0.2) is 61.2 Å². The highest BCUT2D eigenvalue weighted by Gasteiger charge is 2.75. The molecule has 2 aliphatic carbocycles. The topological polar surface area (TPSA) is 79.3 Å². The molecule has 1 saturated carbocycles. The number of amides is 1. The lowest BCUT2D eigenvalue weighted by Crippen LogP contribution is -2.79. The van der Waals surface area contributed by atoms with Crippen LogP contribution in [0.5, 0.6) is 11.5 Å². The SMILES string of the molecule is C=CCN1CC[C@]23c4c5ccc(O)c4O[C@H]2[C@@H](N(CC(C)C)C(=O)C=Cc2ccccc2)CC[C@@]3(OC(C)=O)[C@H]1C5. The van der Waals surface area contributed by atoms with Crippen LogP contribution in [0, 0.1) is 5.92 Å². The Morgan fingerprint density at radius 1 is 1.22 bits per heavy atom. The van der Waals surface area contributed by atoms with E-state index in [2.05, 4.69) is 25.3 Å². The van der Waals surface area contributed by atoms with Gasteiger partial charge in [-0.3, -0.25) is 14.5 Å². The van der Waals surface area contributed by atoms with Gasteiger partial charge in [-0.05, 0) is 54.9 Å². The van der Waals surface area contributed by atoms with Crippen LogP contribution < -0.4 is 4.74 Å². The lowest BCUT2D eigenvalue weighted by molar-refractivity contribution is -0.223. The first-order valence-corrected chi connectivity index (χ1v) is 14.8. The number of benzene rings is 2. The molecule has 2 aromatic carbocycles. The third-order valence-corrected chi connectivity index (χ3v) is 9.65. The fourth-order valence-corrected chi connectivity index (χ4v) is 8.35. The van der Waals surface area contributed by atoms with E-state index in [0.29, 0.717) is 44.5 Å². The van der Waals surface area contributed by atoms with Crippen molar-refractivity contribution >= 4 is 18.0 Å². The molecule has 6 rings (SSSR count). The Balaban J connectivity index is 1.48. The predicted octanol–water partition coefficient (Wildman–Crippen LogP) is 4.87. The molecule has 1 amide bonds. The zero-order chi connectivity index (χ0) is 28.9. The molecule has 2 bridgehead atoms. The molecule has 5 atom stereocenters. The van der Waals surface area contributed by atoms with Crippen LogP contribution in [-0.4, -0.2) is 70.2 Å². The first-order valence-electron chi connectivity index (χ1n) is 14.8. The lowest BCUT2D eigenvalue weighted by atomic mass is 9.48. The zero-order valence-electron chi connectivity index (χ0n) is 24.2. The number of carbonyl (C=O) groups is 2. The molecule has 1 spiro atoms. The van der Waals surface area contributed by atoms with Crippen LogP contribution >= 0.6 is 0 Å². The van der Waals surface area contributed by atoms with Gasteiger partial charge in [-0.15, -0.1) is 6.58 Å². The Labute approximate surface area is 242 Å². The number of nitrogens with zero attached hydrogens (tertiary/aromatic N) is 2. The van der Waals surface area contributed by atoms with E-state index >= 15 is 0 Å². The van der Waals surface area contributed by atoms with Crippen molar-refractivity contribution in [1.29, 1.82) is 0 Å². The number of likely N-dealkylation sites (tertiary alicyclic amines) is 1. The van der Waals surface area contributed by atoms with Gasteiger partial charge in [0.2, 0.25) is 5.91 Å². The van der Waals surface area contributed by atoms with E-state index in [1.807, 2.05) is 53.5 Å². The molecule has 1 saturated heterocycles. The number of carbonyl (C=O) groups excluding carboxylic acids is 2. The number of rotatable bonds is 8. The van der Waals surface area contributed by atoms with Crippen LogP contribution in [0.1, 0.15) is 56.7 Å². The van der Waals surface area contributed by atoms with Crippen molar-refractivity contribution in [2.24, 2.45) is 5.92 Å². The van der Waals surface area contributed by atoms with Crippen LogP contribution in [-0.2, 0) is 26.2 Å². The number of ether oxygens (including phenoxy) is 2. The monoisotopic (exact) mass is 556 g/mol. The van der Waals surface area contributed by atoms with E-state index in [4.69, 9.17) is 9.47 Å². The third-order valence-electron chi connectivity index (χ3n) is 9.65. The number of aromatic hydroxyl groups is 1. The highest BCUT2D eigenvalue weighted by Crippen LogP contribution is 2.67. The largest absolute Gasteiger partial charge is 0.504 e. The van der Waals surface area contributed by atoms with Crippen LogP contribution in [0.2, 0.25) is 0 Å². The summed E-state index contributed by atoms with van der Waals surface area (Å²) >= 11 is 0. The smallest absolute Gasteiger partial charge is 0.303 e. The fraction of sp³-hybridized carbons (Fsp3) is 0.471. The number of esters is 1. The van der Waals surface area contributed by atoms with Crippen molar-refractivity contribution < 1.29 is 24.2 Å². The third kappa shape index (κ3) is 4.19. The Kier molecular flexibility index (Phi) is 6.97. The van der Waals surface area contributed by atoms with Crippen molar-refractivity contribution in [2.75, 3.05) is 19.6 Å². The van der Waals surface area contributed by atoms with Gasteiger partial charge in [-0.1, -0.05) is 56.3 Å². The van der Waals surface area contributed by atoms with Crippen molar-refractivity contribution in [3.8, 4) is 11.5 Å². The van der Waals surface area contributed by atoms with Crippen molar-refractivity contribution in [3.05, 3.63) is 77.9 Å². The maximum absolute atomic E-state index is 13.9. The van der Waals surface area contributed by atoms with Gasteiger partial charge in [0.25, 0.3) is 0 Å². The van der Waals surface area contributed by atoms with E-state index in [9.17, 15) is 14.7 Å². The summed E-state index contributed by atoms with van der Waals surface area (Å²) in [4.78, 5) is 31.1. The van der Waals surface area contributed by atoms with Crippen molar-refractivity contribution in [2.45, 2.75) is 75.7 Å². The molecule has 216 valence electrons. The normalized spacial score (nSPS) is 29.6. The quantitative estimate of drug-likeness (QED) is 0.284. The van der Waals surface area contributed by atoms with Gasteiger partial charge in [0, 0.05) is 38.2 Å². The second kappa shape index (κ2) is 10.4. The summed E-state index contributed by atoms with van der Waals surface area (Å²) in [7, 11) is 0. The number of hydrogen-bond acceptors (Lipinski definition) is 6. The number of phenolic OH excluding ortho intramolecular Hbond substituents is 1. The first-order chi connectivity index (χ1) is 19.7. The summed E-state index contributed by atoms with van der Waals surface area (Å²) in [6.45, 7) is 11.8. The Hall–Kier alpha value is -3.58. The summed E-state index contributed by atoms with van der Waals surface area (Å²) in [5.41, 5.74) is 1.54. The molecule has 2 heterocycles. The number of hydrogen-bond donors (Lipinski definition) is 1. The van der Waals surface area contributed by atoms with E-state index in [-0.39, 0.29) is 35.6 Å². The molecule has 2 fully saturated rings. The summed E-state index contributed by atoms with van der Waals surface area (Å²) in [5.74, 6) is 0.446. The number of phenols is 1. The minimum Gasteiger partial charge on any atom is -0.504 e. The Morgan fingerprint density at radius 2 is 2.00 bits per heavy atom. The minimum absolute atomic E-state index is 0.0552. The Morgan fingerprint density at radius 3 is 2.71 bits per heavy atom. The maximum atomic E-state index is 13.9. The van der Waals surface area contributed by atoms with Gasteiger partial charge in [-0.2, -0.15) is 0 Å². The molecule has 2 aliphatic heterocycles. The number of piperidine rings is 1. The molecule has 0 aromatic heterocycles. The summed E-state index contributed by atoms with van der Waals surface area (Å²) in [5, 5.41) is 11.1. The average molecular weight is 557 g/mol. The molecule has 1 N–H and O–H groups in total. The second-order valence-corrected chi connectivity index (χ2v) is 12.4. The van der Waals surface area contributed by atoms with E-state index < -0.39 is 17.1 Å². The van der Waals surface area contributed by atoms with Gasteiger partial charge in [0.05, 0.1) is 17.5 Å². The first kappa shape index (κ1) is 27.6.